The summed E-state index contributed by atoms with van der Waals surface area (Å²) < 4.78 is 14.5. The van der Waals surface area contributed by atoms with Crippen LogP contribution in [0.3, 0.4) is 0 Å². The summed E-state index contributed by atoms with van der Waals surface area (Å²) in [4.78, 5) is 31.3. The predicted molar refractivity (Wildman–Crippen MR) is 154 cm³/mol. The van der Waals surface area contributed by atoms with Gasteiger partial charge in [-0.25, -0.2) is 4.39 Å². The van der Waals surface area contributed by atoms with E-state index in [4.69, 9.17) is 0 Å². The van der Waals surface area contributed by atoms with Crippen molar-refractivity contribution in [1.82, 2.24) is 20.5 Å². The van der Waals surface area contributed by atoms with Crippen molar-refractivity contribution in [2.45, 2.75) is 53.1 Å². The molecule has 7 heteroatoms. The zero-order valence-electron chi connectivity index (χ0n) is 23.5. The first-order valence-corrected chi connectivity index (χ1v) is 12.9. The third-order valence-corrected chi connectivity index (χ3v) is 7.17. The standard InChI is InChI=1S/C32H37FN4O2/c1-9-29(33)23(6)37(8)31(16-19(2)22(5)35-18-25-14-15-34-20(3)17-25)32(39)36-30-13-12-27-21(4)26(24(7)38)10-11-28(27)30/h9-11,14-17,30,35H,1-2,5,12-13,18H2,3-4,6-8H3,(H,36,39)/b29-23+,31-16-. The molecule has 1 aromatic heterocycles. The highest BCUT2D eigenvalue weighted by Crippen LogP contribution is 2.35. The first-order valence-electron chi connectivity index (χ1n) is 12.9. The summed E-state index contributed by atoms with van der Waals surface area (Å²) >= 11 is 0. The molecule has 0 radical (unpaired) electrons. The summed E-state index contributed by atoms with van der Waals surface area (Å²) in [7, 11) is 1.62. The predicted octanol–water partition coefficient (Wildman–Crippen LogP) is 6.07. The monoisotopic (exact) mass is 528 g/mol. The number of hydrogen-bond acceptors (Lipinski definition) is 5. The zero-order chi connectivity index (χ0) is 28.9. The SMILES string of the molecule is C=C/C(F)=C(/C)N(C)/C(=C\C(=C)C(=C)NCc1ccnc(C)c1)C(=O)NC1CCc2c1ccc(C(C)=O)c2C. The average Bonchev–Trinajstić information content (AvgIpc) is 3.32. The number of likely N-dealkylation sites (N-methyl/N-ethyl adjacent to an activating group) is 1. The fourth-order valence-corrected chi connectivity index (χ4v) is 4.74. The van der Waals surface area contributed by atoms with Gasteiger partial charge in [0.1, 0.15) is 11.5 Å². The van der Waals surface area contributed by atoms with Crippen LogP contribution in [0.5, 0.6) is 0 Å². The molecule has 1 aliphatic carbocycles. The molecule has 1 aliphatic rings. The molecule has 2 N–H and O–H groups in total. The minimum atomic E-state index is -0.537. The molecule has 1 unspecified atom stereocenters. The number of rotatable bonds is 11. The third kappa shape index (κ3) is 6.79. The lowest BCUT2D eigenvalue weighted by molar-refractivity contribution is -0.119. The summed E-state index contributed by atoms with van der Waals surface area (Å²) in [5.74, 6) is -0.892. The van der Waals surface area contributed by atoms with Gasteiger partial charge in [-0.3, -0.25) is 14.6 Å². The molecule has 3 rings (SSSR count). The topological polar surface area (TPSA) is 74.3 Å². The normalized spacial score (nSPS) is 15.1. The van der Waals surface area contributed by atoms with Gasteiger partial charge in [-0.05, 0) is 92.6 Å². The number of carbonyl (C=O) groups is 2. The summed E-state index contributed by atoms with van der Waals surface area (Å²) in [6, 6.07) is 7.38. The number of fused-ring (bicyclic) bond motifs is 1. The van der Waals surface area contributed by atoms with Crippen LogP contribution in [0.15, 0.2) is 90.8 Å². The Balaban J connectivity index is 1.86. The van der Waals surface area contributed by atoms with E-state index < -0.39 is 5.83 Å². The highest BCUT2D eigenvalue weighted by Gasteiger charge is 2.29. The summed E-state index contributed by atoms with van der Waals surface area (Å²) in [6.07, 6.45) is 5.91. The largest absolute Gasteiger partial charge is 0.381 e. The summed E-state index contributed by atoms with van der Waals surface area (Å²) in [5.41, 5.74) is 7.15. The molecular formula is C32H37FN4O2. The highest BCUT2D eigenvalue weighted by atomic mass is 19.1. The van der Waals surface area contributed by atoms with Gasteiger partial charge >= 0.3 is 0 Å². The van der Waals surface area contributed by atoms with E-state index in [1.807, 2.05) is 38.1 Å². The number of allylic oxidation sites excluding steroid dienone is 4. The maximum Gasteiger partial charge on any atom is 0.268 e. The van der Waals surface area contributed by atoms with Gasteiger partial charge in [-0.15, -0.1) is 0 Å². The first-order chi connectivity index (χ1) is 18.4. The van der Waals surface area contributed by atoms with E-state index in [9.17, 15) is 14.0 Å². The molecule has 6 nitrogen and oxygen atoms in total. The summed E-state index contributed by atoms with van der Waals surface area (Å²) in [6.45, 7) is 19.2. The number of aryl methyl sites for hydroxylation is 1. The quantitative estimate of drug-likeness (QED) is 0.210. The van der Waals surface area contributed by atoms with Crippen LogP contribution in [0.4, 0.5) is 4.39 Å². The van der Waals surface area contributed by atoms with E-state index in [-0.39, 0.29) is 29.1 Å². The Kier molecular flexibility index (Phi) is 9.41. The number of aromatic nitrogens is 1. The second kappa shape index (κ2) is 12.5. The van der Waals surface area contributed by atoms with Crippen LogP contribution in [-0.4, -0.2) is 28.6 Å². The van der Waals surface area contributed by atoms with Crippen molar-refractivity contribution in [3.63, 3.8) is 0 Å². The van der Waals surface area contributed by atoms with Gasteiger partial charge in [-0.2, -0.15) is 0 Å². The summed E-state index contributed by atoms with van der Waals surface area (Å²) in [5, 5.41) is 6.34. The van der Waals surface area contributed by atoms with E-state index in [1.165, 1.54) is 4.90 Å². The van der Waals surface area contributed by atoms with Gasteiger partial charge in [0, 0.05) is 36.7 Å². The Hall–Kier alpha value is -4.26. The van der Waals surface area contributed by atoms with Crippen molar-refractivity contribution >= 4 is 11.7 Å². The molecule has 0 saturated heterocycles. The van der Waals surface area contributed by atoms with Gasteiger partial charge in [0.2, 0.25) is 0 Å². The van der Waals surface area contributed by atoms with Crippen LogP contribution in [-0.2, 0) is 17.8 Å². The van der Waals surface area contributed by atoms with Crippen molar-refractivity contribution in [2.75, 3.05) is 7.05 Å². The van der Waals surface area contributed by atoms with Crippen molar-refractivity contribution in [2.24, 2.45) is 0 Å². The minimum absolute atomic E-state index is 0.0209. The highest BCUT2D eigenvalue weighted by molar-refractivity contribution is 5.96. The number of Topliss-reactive ketones (excluding diaryl/α,β-unsaturated/α-hetero) is 1. The van der Waals surface area contributed by atoms with E-state index in [1.54, 1.807) is 33.2 Å². The molecule has 0 saturated carbocycles. The molecule has 0 fully saturated rings. The number of pyridine rings is 1. The number of benzene rings is 1. The lowest BCUT2D eigenvalue weighted by Gasteiger charge is -2.25. The Morgan fingerprint density at radius 3 is 2.56 bits per heavy atom. The average molecular weight is 529 g/mol. The molecular weight excluding hydrogens is 491 g/mol. The van der Waals surface area contributed by atoms with E-state index in [2.05, 4.69) is 35.4 Å². The lowest BCUT2D eigenvalue weighted by atomic mass is 9.96. The maximum absolute atomic E-state index is 14.5. The van der Waals surface area contributed by atoms with Crippen LogP contribution < -0.4 is 10.6 Å². The maximum atomic E-state index is 14.5. The van der Waals surface area contributed by atoms with Crippen LogP contribution in [0.1, 0.15) is 64.6 Å². The number of carbonyl (C=O) groups excluding carboxylic acids is 2. The number of hydrogen-bond donors (Lipinski definition) is 2. The van der Waals surface area contributed by atoms with Crippen LogP contribution >= 0.6 is 0 Å². The van der Waals surface area contributed by atoms with E-state index in [0.29, 0.717) is 29.8 Å². The Morgan fingerprint density at radius 1 is 1.21 bits per heavy atom. The molecule has 1 amide bonds. The molecule has 0 bridgehead atoms. The lowest BCUT2D eigenvalue weighted by Crippen LogP contribution is -2.34. The number of nitrogens with zero attached hydrogens (tertiary/aromatic N) is 2. The van der Waals surface area contributed by atoms with Crippen molar-refractivity contribution in [3.8, 4) is 0 Å². The van der Waals surface area contributed by atoms with Gasteiger partial charge in [0.25, 0.3) is 5.91 Å². The number of nitrogens with one attached hydrogen (secondary N) is 2. The Morgan fingerprint density at radius 2 is 1.92 bits per heavy atom. The minimum Gasteiger partial charge on any atom is -0.381 e. The fourth-order valence-electron chi connectivity index (χ4n) is 4.74. The van der Waals surface area contributed by atoms with Gasteiger partial charge in [0.15, 0.2) is 5.78 Å². The molecule has 1 heterocycles. The zero-order valence-corrected chi connectivity index (χ0v) is 23.5. The van der Waals surface area contributed by atoms with Crippen LogP contribution in [0.25, 0.3) is 0 Å². The van der Waals surface area contributed by atoms with Crippen LogP contribution in [0.2, 0.25) is 0 Å². The van der Waals surface area contributed by atoms with E-state index in [0.717, 1.165) is 40.4 Å². The molecule has 2 aromatic rings. The fraction of sp³-hybridized carbons (Fsp3) is 0.281. The molecule has 0 spiro atoms. The molecule has 204 valence electrons. The van der Waals surface area contributed by atoms with Crippen LogP contribution in [0, 0.1) is 13.8 Å². The van der Waals surface area contributed by atoms with Crippen molar-refractivity contribution in [1.29, 1.82) is 0 Å². The van der Waals surface area contributed by atoms with Gasteiger partial charge in [-0.1, -0.05) is 31.9 Å². The molecule has 1 atom stereocenters. The first kappa shape index (κ1) is 29.3. The Labute approximate surface area is 230 Å². The number of amides is 1. The smallest absolute Gasteiger partial charge is 0.268 e. The molecule has 1 aromatic carbocycles. The van der Waals surface area contributed by atoms with Gasteiger partial charge in [0.05, 0.1) is 11.7 Å². The third-order valence-electron chi connectivity index (χ3n) is 7.17. The van der Waals surface area contributed by atoms with E-state index >= 15 is 0 Å². The van der Waals surface area contributed by atoms with Crippen molar-refractivity contribution < 1.29 is 14.0 Å². The number of halogens is 1. The molecule has 39 heavy (non-hydrogen) atoms. The molecule has 0 aliphatic heterocycles. The second-order valence-electron chi connectivity index (χ2n) is 9.82. The van der Waals surface area contributed by atoms with Crippen molar-refractivity contribution in [3.05, 3.63) is 124 Å². The van der Waals surface area contributed by atoms with Gasteiger partial charge < -0.3 is 15.5 Å². The number of ketones is 1. The second-order valence-corrected chi connectivity index (χ2v) is 9.82. The Bertz CT molecular complexity index is 1400.